The molecule has 0 bridgehead atoms. The number of carbonyl (C=O) groups excluding carboxylic acids is 2. The third-order valence-corrected chi connectivity index (χ3v) is 1.33. The first kappa shape index (κ1) is 14.5. The van der Waals surface area contributed by atoms with Crippen molar-refractivity contribution < 1.29 is 19.1 Å². The highest BCUT2D eigenvalue weighted by Crippen LogP contribution is 2.08. The number of hydrogen-bond donors (Lipinski definition) is 0. The number of hydrogen-bond acceptors (Lipinski definition) is 4. The average molecular weight is 230 g/mol. The lowest BCUT2D eigenvalue weighted by atomic mass is 10.2. The lowest BCUT2D eigenvalue weighted by Crippen LogP contribution is -2.21. The lowest BCUT2D eigenvalue weighted by Gasteiger charge is -2.16. The van der Waals surface area contributed by atoms with Crippen molar-refractivity contribution in [3.05, 3.63) is 0 Å². The van der Waals surface area contributed by atoms with E-state index < -0.39 is 17.8 Å². The van der Waals surface area contributed by atoms with Gasteiger partial charge in [0.2, 0.25) is 0 Å². The molecule has 0 N–H and O–H groups in total. The molecule has 0 saturated carbocycles. The Morgan fingerprint density at radius 1 is 1.12 bits per heavy atom. The molecule has 92 valence electrons. The van der Waals surface area contributed by atoms with Crippen LogP contribution >= 0.6 is 0 Å². The van der Waals surface area contributed by atoms with Crippen LogP contribution in [0, 0.1) is 0 Å². The summed E-state index contributed by atoms with van der Waals surface area (Å²) < 4.78 is 9.46. The summed E-state index contributed by atoms with van der Waals surface area (Å²) in [6.07, 6.45) is -0.108. The zero-order chi connectivity index (χ0) is 12.6. The molecule has 0 radical (unpaired) electrons. The second-order valence-electron chi connectivity index (χ2n) is 4.15. The molecule has 0 fully saturated rings. The van der Waals surface area contributed by atoms with Crippen molar-refractivity contribution in [1.29, 1.82) is 0 Å². The summed E-state index contributed by atoms with van der Waals surface area (Å²) in [5.74, 6) is 0. The first-order valence-electron chi connectivity index (χ1n) is 5.16. The van der Waals surface area contributed by atoms with E-state index in [0.717, 1.165) is 12.8 Å². The quantitative estimate of drug-likeness (QED) is 0.550. The second kappa shape index (κ2) is 6.92. The van der Waals surface area contributed by atoms with E-state index in [1.807, 2.05) is 6.92 Å². The molecule has 6 nitrogen and oxygen atoms in total. The van der Waals surface area contributed by atoms with Crippen LogP contribution < -0.4 is 0 Å². The van der Waals surface area contributed by atoms with Crippen molar-refractivity contribution in [2.24, 2.45) is 10.2 Å². The molecule has 0 rings (SSSR count). The van der Waals surface area contributed by atoms with Crippen LogP contribution in [0.1, 0.15) is 40.5 Å². The van der Waals surface area contributed by atoms with Crippen molar-refractivity contribution >= 4 is 12.2 Å². The van der Waals surface area contributed by atoms with Gasteiger partial charge in [0.1, 0.15) is 5.60 Å². The third kappa shape index (κ3) is 9.11. The summed E-state index contributed by atoms with van der Waals surface area (Å²) in [7, 11) is 0. The summed E-state index contributed by atoms with van der Waals surface area (Å²) in [6.45, 7) is 7.33. The molecule has 6 heteroatoms. The molecule has 0 spiro atoms. The van der Waals surface area contributed by atoms with Gasteiger partial charge in [-0.3, -0.25) is 0 Å². The van der Waals surface area contributed by atoms with E-state index in [2.05, 4.69) is 15.0 Å². The molecule has 0 aliphatic carbocycles. The maximum Gasteiger partial charge on any atom is 0.453 e. The Bertz CT molecular complexity index is 268. The minimum absolute atomic E-state index is 0.280. The van der Waals surface area contributed by atoms with Gasteiger partial charge >= 0.3 is 12.2 Å². The van der Waals surface area contributed by atoms with Crippen LogP contribution in [0.5, 0.6) is 0 Å². The van der Waals surface area contributed by atoms with Crippen molar-refractivity contribution in [2.45, 2.75) is 46.1 Å². The number of rotatable bonds is 3. The van der Waals surface area contributed by atoms with Crippen molar-refractivity contribution in [1.82, 2.24) is 0 Å². The zero-order valence-corrected chi connectivity index (χ0v) is 10.1. The van der Waals surface area contributed by atoms with Gasteiger partial charge in [0.05, 0.1) is 6.61 Å². The lowest BCUT2D eigenvalue weighted by molar-refractivity contribution is 0.0586. The van der Waals surface area contributed by atoms with Crippen molar-refractivity contribution in [3.8, 4) is 0 Å². The normalized spacial score (nSPS) is 11.5. The molecule has 0 aromatic carbocycles. The highest BCUT2D eigenvalue weighted by Gasteiger charge is 2.16. The number of amides is 2. The van der Waals surface area contributed by atoms with Gasteiger partial charge in [0.15, 0.2) is 0 Å². The Morgan fingerprint density at radius 2 is 1.69 bits per heavy atom. The Hall–Kier alpha value is -1.46. The van der Waals surface area contributed by atoms with Crippen LogP contribution in [0.4, 0.5) is 9.59 Å². The fraction of sp³-hybridized carbons (Fsp3) is 0.800. The predicted molar refractivity (Wildman–Crippen MR) is 57.3 cm³/mol. The van der Waals surface area contributed by atoms with Gasteiger partial charge in [0, 0.05) is 0 Å². The van der Waals surface area contributed by atoms with Gasteiger partial charge in [-0.1, -0.05) is 23.6 Å². The Labute approximate surface area is 95.0 Å². The highest BCUT2D eigenvalue weighted by atomic mass is 16.6. The predicted octanol–water partition coefficient (Wildman–Crippen LogP) is 3.31. The van der Waals surface area contributed by atoms with Crippen LogP contribution in [-0.2, 0) is 9.47 Å². The smallest absolute Gasteiger partial charge is 0.447 e. The molecule has 2 amide bonds. The number of azo groups is 1. The topological polar surface area (TPSA) is 77.3 Å². The van der Waals surface area contributed by atoms with Crippen LogP contribution in [0.3, 0.4) is 0 Å². The summed E-state index contributed by atoms with van der Waals surface area (Å²) in [5.41, 5.74) is -0.651. The van der Waals surface area contributed by atoms with Crippen LogP contribution in [-0.4, -0.2) is 24.4 Å². The maximum absolute atomic E-state index is 11.0. The summed E-state index contributed by atoms with van der Waals surface area (Å²) in [4.78, 5) is 21.9. The summed E-state index contributed by atoms with van der Waals surface area (Å²) in [5, 5.41) is 6.15. The van der Waals surface area contributed by atoms with E-state index in [0.29, 0.717) is 0 Å². The molecule has 0 aliphatic heterocycles. The van der Waals surface area contributed by atoms with E-state index in [9.17, 15) is 9.59 Å². The van der Waals surface area contributed by atoms with Crippen LogP contribution in [0.25, 0.3) is 0 Å². The van der Waals surface area contributed by atoms with Gasteiger partial charge in [-0.2, -0.15) is 0 Å². The SMILES string of the molecule is CCCCOC(=O)N=NC(=O)OC(C)(C)C. The highest BCUT2D eigenvalue weighted by molar-refractivity contribution is 5.73. The molecule has 0 saturated heterocycles. The number of ether oxygens (including phenoxy) is 2. The Balaban J connectivity index is 3.89. The summed E-state index contributed by atoms with van der Waals surface area (Å²) >= 11 is 0. The molecule has 0 aliphatic rings. The van der Waals surface area contributed by atoms with E-state index in [1.165, 1.54) is 0 Å². The maximum atomic E-state index is 11.0. The Kier molecular flexibility index (Phi) is 6.29. The average Bonchev–Trinajstić information content (AvgIpc) is 2.12. The fourth-order valence-corrected chi connectivity index (χ4v) is 0.697. The van der Waals surface area contributed by atoms with Crippen molar-refractivity contribution in [2.75, 3.05) is 6.61 Å². The van der Waals surface area contributed by atoms with E-state index in [1.54, 1.807) is 20.8 Å². The molecular weight excluding hydrogens is 212 g/mol. The van der Waals surface area contributed by atoms with Gasteiger partial charge in [-0.15, -0.1) is 0 Å². The zero-order valence-electron chi connectivity index (χ0n) is 10.1. The molecule has 0 aromatic rings. The Morgan fingerprint density at radius 3 is 2.19 bits per heavy atom. The van der Waals surface area contributed by atoms with Crippen molar-refractivity contribution in [3.63, 3.8) is 0 Å². The van der Waals surface area contributed by atoms with Crippen LogP contribution in [0.2, 0.25) is 0 Å². The van der Waals surface area contributed by atoms with Gasteiger partial charge in [0.25, 0.3) is 0 Å². The molecule has 0 unspecified atom stereocenters. The standard InChI is InChI=1S/C10H18N2O4/c1-5-6-7-15-8(13)11-12-9(14)16-10(2,3)4/h5-7H2,1-4H3. The minimum Gasteiger partial charge on any atom is -0.447 e. The molecular formula is C10H18N2O4. The number of carbonyl (C=O) groups is 2. The number of unbranched alkanes of at least 4 members (excludes halogenated alkanes) is 1. The molecule has 0 heterocycles. The second-order valence-corrected chi connectivity index (χ2v) is 4.15. The first-order valence-corrected chi connectivity index (χ1v) is 5.16. The molecule has 0 aromatic heterocycles. The summed E-state index contributed by atoms with van der Waals surface area (Å²) in [6, 6.07) is 0. The first-order chi connectivity index (χ1) is 7.35. The third-order valence-electron chi connectivity index (χ3n) is 1.33. The van der Waals surface area contributed by atoms with E-state index >= 15 is 0 Å². The van der Waals surface area contributed by atoms with Crippen LogP contribution in [0.15, 0.2) is 10.2 Å². The largest absolute Gasteiger partial charge is 0.453 e. The molecule has 0 atom stereocenters. The van der Waals surface area contributed by atoms with E-state index in [-0.39, 0.29) is 6.61 Å². The fourth-order valence-electron chi connectivity index (χ4n) is 0.697. The molecule has 16 heavy (non-hydrogen) atoms. The van der Waals surface area contributed by atoms with E-state index in [4.69, 9.17) is 4.74 Å². The minimum atomic E-state index is -0.903. The van der Waals surface area contributed by atoms with Gasteiger partial charge < -0.3 is 9.47 Å². The monoisotopic (exact) mass is 230 g/mol. The van der Waals surface area contributed by atoms with Gasteiger partial charge in [-0.25, -0.2) is 9.59 Å². The van der Waals surface area contributed by atoms with Gasteiger partial charge in [-0.05, 0) is 27.2 Å². The number of nitrogens with zero attached hydrogens (tertiary/aromatic N) is 2.